The lowest BCUT2D eigenvalue weighted by Crippen LogP contribution is -2.31. The van der Waals surface area contributed by atoms with Crippen LogP contribution in [0.1, 0.15) is 38.9 Å². The number of aliphatic hydroxyl groups is 2. The average molecular weight is 259 g/mol. The summed E-state index contributed by atoms with van der Waals surface area (Å²) in [6.07, 6.45) is -0.0554. The minimum absolute atomic E-state index is 0.185. The molecule has 0 heterocycles. The molecule has 2 unspecified atom stereocenters. The second-order valence-electron chi connectivity index (χ2n) is 4.50. The summed E-state index contributed by atoms with van der Waals surface area (Å²) < 4.78 is 5.54. The predicted molar refractivity (Wildman–Crippen MR) is 68.5 cm³/mol. The van der Waals surface area contributed by atoms with Gasteiger partial charge in [0.25, 0.3) is 0 Å². The molecule has 0 spiro atoms. The van der Waals surface area contributed by atoms with E-state index in [1.165, 1.54) is 0 Å². The Morgan fingerprint density at radius 3 is 2.65 bits per heavy atom. The topological polar surface area (TPSA) is 49.7 Å². The molecule has 1 aromatic carbocycles. The van der Waals surface area contributed by atoms with Crippen LogP contribution in [0, 0.1) is 0 Å². The molecule has 4 heteroatoms. The Kier molecular flexibility index (Phi) is 4.80. The van der Waals surface area contributed by atoms with Gasteiger partial charge in [0.05, 0.1) is 11.7 Å². The maximum atomic E-state index is 9.86. The van der Waals surface area contributed by atoms with Gasteiger partial charge in [-0.15, -0.1) is 0 Å². The van der Waals surface area contributed by atoms with Crippen molar-refractivity contribution in [1.82, 2.24) is 0 Å². The normalized spacial score (nSPS) is 16.4. The van der Waals surface area contributed by atoms with Crippen molar-refractivity contribution >= 4 is 11.6 Å². The van der Waals surface area contributed by atoms with Crippen LogP contribution in [0.4, 0.5) is 0 Å². The minimum Gasteiger partial charge on any atom is -0.490 e. The first-order valence-electron chi connectivity index (χ1n) is 5.68. The van der Waals surface area contributed by atoms with Crippen LogP contribution >= 0.6 is 11.6 Å². The third kappa shape index (κ3) is 4.19. The molecule has 17 heavy (non-hydrogen) atoms. The first-order valence-corrected chi connectivity index (χ1v) is 6.06. The fourth-order valence-corrected chi connectivity index (χ4v) is 1.49. The molecule has 0 radical (unpaired) electrons. The molecule has 0 amide bonds. The summed E-state index contributed by atoms with van der Waals surface area (Å²) in [4.78, 5) is 0. The predicted octanol–water partition coefficient (Wildman–Crippen LogP) is 2.93. The van der Waals surface area contributed by atoms with Gasteiger partial charge in [0.1, 0.15) is 12.4 Å². The maximum absolute atomic E-state index is 9.86. The number of hydrogen-bond donors (Lipinski definition) is 2. The van der Waals surface area contributed by atoms with Gasteiger partial charge in [-0.25, -0.2) is 0 Å². The Morgan fingerprint density at radius 2 is 2.12 bits per heavy atom. The summed E-state index contributed by atoms with van der Waals surface area (Å²) >= 11 is 5.86. The first kappa shape index (κ1) is 14.3. The Bertz CT molecular complexity index is 375. The summed E-state index contributed by atoms with van der Waals surface area (Å²) in [5, 5.41) is 20.0. The second-order valence-corrected chi connectivity index (χ2v) is 4.93. The summed E-state index contributed by atoms with van der Waals surface area (Å²) in [6.45, 7) is 5.44. The van der Waals surface area contributed by atoms with Gasteiger partial charge >= 0.3 is 0 Å². The number of ether oxygens (including phenoxy) is 1. The van der Waals surface area contributed by atoms with Crippen LogP contribution in [0.5, 0.6) is 5.75 Å². The fourth-order valence-electron chi connectivity index (χ4n) is 1.31. The van der Waals surface area contributed by atoms with Gasteiger partial charge in [-0.3, -0.25) is 0 Å². The monoisotopic (exact) mass is 258 g/mol. The Labute approximate surface area is 107 Å². The van der Waals surface area contributed by atoms with Crippen molar-refractivity contribution in [3.63, 3.8) is 0 Å². The second kappa shape index (κ2) is 5.71. The summed E-state index contributed by atoms with van der Waals surface area (Å²) in [7, 11) is 0. The summed E-state index contributed by atoms with van der Waals surface area (Å²) in [5.41, 5.74) is -0.236. The van der Waals surface area contributed by atoms with Crippen LogP contribution in [0.3, 0.4) is 0 Å². The van der Waals surface area contributed by atoms with Crippen molar-refractivity contribution in [2.45, 2.75) is 38.9 Å². The van der Waals surface area contributed by atoms with E-state index in [9.17, 15) is 10.2 Å². The molecule has 0 aromatic heterocycles. The largest absolute Gasteiger partial charge is 0.490 e. The van der Waals surface area contributed by atoms with Gasteiger partial charge in [0, 0.05) is 10.6 Å². The number of halogens is 1. The molecule has 2 atom stereocenters. The zero-order chi connectivity index (χ0) is 13.1. The van der Waals surface area contributed by atoms with Crippen molar-refractivity contribution in [2.75, 3.05) is 6.61 Å². The van der Waals surface area contributed by atoms with Crippen molar-refractivity contribution < 1.29 is 14.9 Å². The molecule has 3 nitrogen and oxygen atoms in total. The molecule has 1 aromatic rings. The lowest BCUT2D eigenvalue weighted by molar-refractivity contribution is 0.00746. The molecule has 1 rings (SSSR count). The number of rotatable bonds is 5. The highest BCUT2D eigenvalue weighted by Crippen LogP contribution is 2.29. The van der Waals surface area contributed by atoms with Crippen LogP contribution in [0.15, 0.2) is 18.2 Å². The smallest absolute Gasteiger partial charge is 0.125 e. The van der Waals surface area contributed by atoms with E-state index >= 15 is 0 Å². The van der Waals surface area contributed by atoms with E-state index in [0.29, 0.717) is 22.8 Å². The maximum Gasteiger partial charge on any atom is 0.125 e. The highest BCUT2D eigenvalue weighted by molar-refractivity contribution is 6.30. The summed E-state index contributed by atoms with van der Waals surface area (Å²) in [6, 6.07) is 5.07. The highest BCUT2D eigenvalue weighted by Gasteiger charge is 2.20. The van der Waals surface area contributed by atoms with Crippen molar-refractivity contribution in [1.29, 1.82) is 0 Å². The highest BCUT2D eigenvalue weighted by atomic mass is 35.5. The molecule has 2 N–H and O–H groups in total. The van der Waals surface area contributed by atoms with Crippen LogP contribution in [0.25, 0.3) is 0 Å². The molecule has 0 aliphatic rings. The molecule has 0 bridgehead atoms. The third-order valence-electron chi connectivity index (χ3n) is 2.72. The van der Waals surface area contributed by atoms with Crippen LogP contribution < -0.4 is 4.74 Å². The van der Waals surface area contributed by atoms with Crippen LogP contribution in [-0.2, 0) is 0 Å². The molecule has 0 aliphatic carbocycles. The third-order valence-corrected chi connectivity index (χ3v) is 2.96. The minimum atomic E-state index is -0.865. The molecule has 0 aliphatic heterocycles. The Morgan fingerprint density at radius 1 is 1.47 bits per heavy atom. The Balaban J connectivity index is 2.84. The average Bonchev–Trinajstić information content (AvgIpc) is 2.27. The SMILES string of the molecule is CCC(C)(O)COc1ccc(Cl)cc1C(C)O. The van der Waals surface area contributed by atoms with Crippen molar-refractivity contribution in [2.24, 2.45) is 0 Å². The summed E-state index contributed by atoms with van der Waals surface area (Å²) in [5.74, 6) is 0.554. The Hall–Kier alpha value is -0.770. The molecule has 0 saturated carbocycles. The van der Waals surface area contributed by atoms with E-state index in [1.807, 2.05) is 6.92 Å². The zero-order valence-corrected chi connectivity index (χ0v) is 11.2. The molecule has 96 valence electrons. The van der Waals surface area contributed by atoms with Gasteiger partial charge in [0.2, 0.25) is 0 Å². The van der Waals surface area contributed by atoms with Gasteiger partial charge in [0.15, 0.2) is 0 Å². The number of benzene rings is 1. The lowest BCUT2D eigenvalue weighted by Gasteiger charge is -2.23. The van der Waals surface area contributed by atoms with Crippen molar-refractivity contribution in [3.05, 3.63) is 28.8 Å². The van der Waals surface area contributed by atoms with Gasteiger partial charge < -0.3 is 14.9 Å². The van der Waals surface area contributed by atoms with Crippen LogP contribution in [0.2, 0.25) is 5.02 Å². The van der Waals surface area contributed by atoms with E-state index in [4.69, 9.17) is 16.3 Å². The van der Waals surface area contributed by atoms with Crippen molar-refractivity contribution in [3.8, 4) is 5.75 Å². The van der Waals surface area contributed by atoms with Gasteiger partial charge in [-0.05, 0) is 38.5 Å². The van der Waals surface area contributed by atoms with E-state index < -0.39 is 11.7 Å². The van der Waals surface area contributed by atoms with E-state index in [2.05, 4.69) is 0 Å². The lowest BCUT2D eigenvalue weighted by atomic mass is 10.1. The quantitative estimate of drug-likeness (QED) is 0.854. The van der Waals surface area contributed by atoms with E-state index in [0.717, 1.165) is 0 Å². The van der Waals surface area contributed by atoms with Gasteiger partial charge in [-0.1, -0.05) is 18.5 Å². The van der Waals surface area contributed by atoms with E-state index in [-0.39, 0.29) is 6.61 Å². The standard InChI is InChI=1S/C13H19ClO3/c1-4-13(3,16)8-17-12-6-5-10(14)7-11(12)9(2)15/h5-7,9,15-16H,4,8H2,1-3H3. The molecule has 0 fully saturated rings. The molecule has 0 saturated heterocycles. The van der Waals surface area contributed by atoms with Gasteiger partial charge in [-0.2, -0.15) is 0 Å². The number of aliphatic hydroxyl groups excluding tert-OH is 1. The zero-order valence-electron chi connectivity index (χ0n) is 10.4. The molecular formula is C13H19ClO3. The fraction of sp³-hybridized carbons (Fsp3) is 0.538. The first-order chi connectivity index (χ1) is 7.85. The number of hydrogen-bond acceptors (Lipinski definition) is 3. The van der Waals surface area contributed by atoms with Crippen LogP contribution in [-0.4, -0.2) is 22.4 Å². The molecular weight excluding hydrogens is 240 g/mol. The van der Waals surface area contributed by atoms with E-state index in [1.54, 1.807) is 32.0 Å².